The molecule has 2 rings (SSSR count). The van der Waals surface area contributed by atoms with Crippen LogP contribution < -0.4 is 0 Å². The second-order valence-electron chi connectivity index (χ2n) is 2.95. The number of nitrogens with one attached hydrogen (secondary N) is 1. The number of rotatable bonds is 2. The average molecular weight is 236 g/mol. The summed E-state index contributed by atoms with van der Waals surface area (Å²) in [7, 11) is 0. The van der Waals surface area contributed by atoms with Crippen LogP contribution in [0, 0.1) is 0 Å². The van der Waals surface area contributed by atoms with Crippen molar-refractivity contribution in [3.8, 4) is 0 Å². The Morgan fingerprint density at radius 3 is 2.92 bits per heavy atom. The zero-order valence-electron chi connectivity index (χ0n) is 7.13. The zero-order chi connectivity index (χ0) is 9.10. The molecule has 0 unspecified atom stereocenters. The van der Waals surface area contributed by atoms with Crippen molar-refractivity contribution in [1.82, 2.24) is 4.98 Å². The van der Waals surface area contributed by atoms with Gasteiger partial charge in [0.25, 0.3) is 0 Å². The molecule has 2 heteroatoms. The van der Waals surface area contributed by atoms with Crippen molar-refractivity contribution in [1.29, 1.82) is 0 Å². The van der Waals surface area contributed by atoms with Crippen LogP contribution in [0.25, 0.3) is 10.9 Å². The molecule has 0 saturated carbocycles. The molecule has 1 heterocycles. The fraction of sp³-hybridized carbons (Fsp3) is 0.0909. The molecular formula is C11H10BrN. The quantitative estimate of drug-likeness (QED) is 0.819. The van der Waals surface area contributed by atoms with Crippen LogP contribution in [-0.2, 0) is 6.42 Å². The van der Waals surface area contributed by atoms with Gasteiger partial charge in [0, 0.05) is 17.6 Å². The van der Waals surface area contributed by atoms with Gasteiger partial charge < -0.3 is 4.98 Å². The molecular weight excluding hydrogens is 226 g/mol. The van der Waals surface area contributed by atoms with Crippen LogP contribution in [0.4, 0.5) is 0 Å². The topological polar surface area (TPSA) is 15.8 Å². The maximum absolute atomic E-state index is 3.36. The van der Waals surface area contributed by atoms with Crippen LogP contribution >= 0.6 is 15.9 Å². The Bertz CT molecular complexity index is 395. The summed E-state index contributed by atoms with van der Waals surface area (Å²) in [5, 5.41) is 1.28. The first-order valence-electron chi connectivity index (χ1n) is 4.22. The first-order valence-corrected chi connectivity index (χ1v) is 5.13. The van der Waals surface area contributed by atoms with Crippen LogP contribution in [0.1, 0.15) is 5.69 Å². The molecule has 0 aliphatic rings. The van der Waals surface area contributed by atoms with E-state index in [-0.39, 0.29) is 0 Å². The molecule has 0 spiro atoms. The average Bonchev–Trinajstić information content (AvgIpc) is 2.57. The van der Waals surface area contributed by atoms with Crippen LogP contribution in [0.15, 0.2) is 41.4 Å². The van der Waals surface area contributed by atoms with Crippen molar-refractivity contribution in [2.75, 3.05) is 0 Å². The number of aromatic nitrogens is 1. The third-order valence-corrected chi connectivity index (χ3v) is 2.39. The highest BCUT2D eigenvalue weighted by atomic mass is 79.9. The summed E-state index contributed by atoms with van der Waals surface area (Å²) in [6, 6.07) is 10.5. The van der Waals surface area contributed by atoms with E-state index in [1.807, 2.05) is 11.1 Å². The van der Waals surface area contributed by atoms with Gasteiger partial charge in [-0.1, -0.05) is 40.2 Å². The van der Waals surface area contributed by atoms with E-state index in [1.54, 1.807) is 0 Å². The van der Waals surface area contributed by atoms with Gasteiger partial charge in [-0.25, -0.2) is 0 Å². The van der Waals surface area contributed by atoms with Crippen molar-refractivity contribution >= 4 is 26.8 Å². The number of para-hydroxylation sites is 1. The van der Waals surface area contributed by atoms with Crippen molar-refractivity contribution in [2.24, 2.45) is 0 Å². The zero-order valence-corrected chi connectivity index (χ0v) is 8.71. The minimum atomic E-state index is 0.944. The summed E-state index contributed by atoms with van der Waals surface area (Å²) < 4.78 is 0. The number of aromatic amines is 1. The second-order valence-corrected chi connectivity index (χ2v) is 3.48. The minimum absolute atomic E-state index is 0.944. The molecule has 1 N–H and O–H groups in total. The highest BCUT2D eigenvalue weighted by molar-refractivity contribution is 9.11. The number of hydrogen-bond acceptors (Lipinski definition) is 0. The van der Waals surface area contributed by atoms with Crippen LogP contribution in [0.2, 0.25) is 0 Å². The third-order valence-electron chi connectivity index (χ3n) is 2.01. The molecule has 0 amide bonds. The lowest BCUT2D eigenvalue weighted by molar-refractivity contribution is 1.17. The Hall–Kier alpha value is -1.02. The summed E-state index contributed by atoms with van der Waals surface area (Å²) >= 11 is 3.26. The fourth-order valence-corrected chi connectivity index (χ4v) is 1.60. The summed E-state index contributed by atoms with van der Waals surface area (Å²) in [5.74, 6) is 0. The Kier molecular flexibility index (Phi) is 2.50. The predicted molar refractivity (Wildman–Crippen MR) is 60.1 cm³/mol. The molecule has 0 radical (unpaired) electrons. The molecule has 0 saturated heterocycles. The van der Waals surface area contributed by atoms with Gasteiger partial charge in [-0.15, -0.1) is 0 Å². The Morgan fingerprint density at radius 2 is 2.15 bits per heavy atom. The van der Waals surface area contributed by atoms with Gasteiger partial charge in [-0.3, -0.25) is 0 Å². The molecule has 0 aliphatic carbocycles. The van der Waals surface area contributed by atoms with Crippen LogP contribution in [0.5, 0.6) is 0 Å². The molecule has 1 aromatic carbocycles. The molecule has 13 heavy (non-hydrogen) atoms. The number of benzene rings is 1. The monoisotopic (exact) mass is 235 g/mol. The van der Waals surface area contributed by atoms with E-state index in [1.165, 1.54) is 16.6 Å². The van der Waals surface area contributed by atoms with E-state index in [9.17, 15) is 0 Å². The lowest BCUT2D eigenvalue weighted by Crippen LogP contribution is -1.77. The van der Waals surface area contributed by atoms with E-state index >= 15 is 0 Å². The lowest BCUT2D eigenvalue weighted by Gasteiger charge is -1.86. The normalized spacial score (nSPS) is 11.5. The van der Waals surface area contributed by atoms with E-state index in [2.05, 4.69) is 51.3 Å². The third kappa shape index (κ3) is 1.83. The van der Waals surface area contributed by atoms with Gasteiger partial charge in [0.15, 0.2) is 0 Å². The minimum Gasteiger partial charge on any atom is -0.358 e. The summed E-state index contributed by atoms with van der Waals surface area (Å²) in [4.78, 5) is 5.25. The first kappa shape index (κ1) is 8.57. The van der Waals surface area contributed by atoms with Crippen LogP contribution in [0.3, 0.4) is 0 Å². The maximum Gasteiger partial charge on any atom is 0.0456 e. The van der Waals surface area contributed by atoms with Crippen molar-refractivity contribution in [3.63, 3.8) is 0 Å². The Morgan fingerprint density at radius 1 is 1.31 bits per heavy atom. The molecule has 1 aromatic heterocycles. The SMILES string of the molecule is BrC=CCc1cc2ccccc2[nH]1. The van der Waals surface area contributed by atoms with Gasteiger partial charge in [0.2, 0.25) is 0 Å². The lowest BCUT2D eigenvalue weighted by atomic mass is 10.2. The molecule has 0 bridgehead atoms. The summed E-state index contributed by atoms with van der Waals surface area (Å²) in [5.41, 5.74) is 2.46. The van der Waals surface area contributed by atoms with Crippen molar-refractivity contribution in [3.05, 3.63) is 47.1 Å². The number of halogens is 1. The highest BCUT2D eigenvalue weighted by Crippen LogP contribution is 2.15. The van der Waals surface area contributed by atoms with Gasteiger partial charge in [0.1, 0.15) is 0 Å². The van der Waals surface area contributed by atoms with Crippen molar-refractivity contribution < 1.29 is 0 Å². The van der Waals surface area contributed by atoms with Gasteiger partial charge in [-0.05, 0) is 22.5 Å². The van der Waals surface area contributed by atoms with E-state index in [0.29, 0.717) is 0 Å². The second kappa shape index (κ2) is 3.79. The number of hydrogen-bond donors (Lipinski definition) is 1. The molecule has 1 nitrogen and oxygen atoms in total. The molecule has 2 aromatic rings. The van der Waals surface area contributed by atoms with Gasteiger partial charge >= 0.3 is 0 Å². The van der Waals surface area contributed by atoms with Crippen LogP contribution in [-0.4, -0.2) is 4.98 Å². The number of H-pyrrole nitrogens is 1. The molecule has 0 aliphatic heterocycles. The maximum atomic E-state index is 3.36. The highest BCUT2D eigenvalue weighted by Gasteiger charge is 1.96. The van der Waals surface area contributed by atoms with Gasteiger partial charge in [-0.2, -0.15) is 0 Å². The Labute approximate surface area is 85.6 Å². The summed E-state index contributed by atoms with van der Waals surface area (Å²) in [6.07, 6.45) is 3.02. The molecule has 0 atom stereocenters. The number of allylic oxidation sites excluding steroid dienone is 1. The Balaban J connectivity index is 2.38. The first-order chi connectivity index (χ1) is 6.40. The standard InChI is InChI=1S/C11H10BrN/c12-7-3-5-10-8-9-4-1-2-6-11(9)13-10/h1-4,6-8,13H,5H2. The number of fused-ring (bicyclic) bond motifs is 1. The van der Waals surface area contributed by atoms with E-state index in [4.69, 9.17) is 0 Å². The van der Waals surface area contributed by atoms with Crippen molar-refractivity contribution in [2.45, 2.75) is 6.42 Å². The fourth-order valence-electron chi connectivity index (χ4n) is 1.41. The van der Waals surface area contributed by atoms with E-state index < -0.39 is 0 Å². The smallest absolute Gasteiger partial charge is 0.0456 e. The van der Waals surface area contributed by atoms with Gasteiger partial charge in [0.05, 0.1) is 0 Å². The largest absolute Gasteiger partial charge is 0.358 e. The molecule has 66 valence electrons. The molecule has 0 fully saturated rings. The van der Waals surface area contributed by atoms with E-state index in [0.717, 1.165) is 6.42 Å². The predicted octanol–water partition coefficient (Wildman–Crippen LogP) is 3.62. The summed E-state index contributed by atoms with van der Waals surface area (Å²) in [6.45, 7) is 0.